The lowest BCUT2D eigenvalue weighted by Gasteiger charge is -2.37. The minimum atomic E-state index is -0.261. The Morgan fingerprint density at radius 3 is 2.57 bits per heavy atom. The minimum absolute atomic E-state index is 0.117. The number of hydrogen-bond acceptors (Lipinski definition) is 6. The zero-order valence-corrected chi connectivity index (χ0v) is 17.4. The summed E-state index contributed by atoms with van der Waals surface area (Å²) in [6, 6.07) is 9.98. The number of anilines is 1. The van der Waals surface area contributed by atoms with Gasteiger partial charge in [-0.3, -0.25) is 4.79 Å². The van der Waals surface area contributed by atoms with Gasteiger partial charge in [-0.05, 0) is 24.7 Å². The minimum Gasteiger partial charge on any atom is -0.368 e. The molecule has 0 radical (unpaired) electrons. The molecule has 4 rings (SSSR count). The summed E-state index contributed by atoms with van der Waals surface area (Å²) in [5.74, 6) is 0.950. The van der Waals surface area contributed by atoms with E-state index in [9.17, 15) is 4.79 Å². The molecule has 1 atom stereocenters. The zero-order chi connectivity index (χ0) is 19.5. The van der Waals surface area contributed by atoms with Crippen molar-refractivity contribution in [3.05, 3.63) is 35.5 Å². The Balaban J connectivity index is 1.57. The molecule has 0 unspecified atom stereocenters. The predicted octanol–water partition coefficient (Wildman–Crippen LogP) is 3.35. The Hall–Kier alpha value is -1.83. The lowest BCUT2D eigenvalue weighted by molar-refractivity contribution is -0.141. The van der Waals surface area contributed by atoms with Crippen LogP contribution < -0.4 is 4.90 Å². The Kier molecular flexibility index (Phi) is 6.04. The number of carbonyl (C=O) groups excluding carboxylic acids is 1. The van der Waals surface area contributed by atoms with Crippen LogP contribution in [0.3, 0.4) is 0 Å². The van der Waals surface area contributed by atoms with Gasteiger partial charge in [-0.2, -0.15) is 0 Å². The van der Waals surface area contributed by atoms with Gasteiger partial charge in [0.05, 0.1) is 5.56 Å². The number of piperazine rings is 1. The molecule has 1 aromatic heterocycles. The molecule has 0 saturated carbocycles. The molecule has 1 amide bonds. The molecule has 28 heavy (non-hydrogen) atoms. The van der Waals surface area contributed by atoms with E-state index in [1.165, 1.54) is 11.8 Å². The van der Waals surface area contributed by atoms with Gasteiger partial charge in [-0.15, -0.1) is 0 Å². The SMILES string of the molecule is CSc1nc(Cl)c(-c2ccccc2)c(N2CCN(C(=O)[C@H]3CCCO3)CC2)n1. The molecule has 2 aliphatic heterocycles. The van der Waals surface area contributed by atoms with E-state index in [1.807, 2.05) is 41.5 Å². The molecule has 2 saturated heterocycles. The summed E-state index contributed by atoms with van der Waals surface area (Å²) in [5, 5.41) is 1.11. The maximum atomic E-state index is 12.6. The van der Waals surface area contributed by atoms with Gasteiger partial charge in [0, 0.05) is 32.8 Å². The molecular formula is C20H23ClN4O2S. The number of amides is 1. The van der Waals surface area contributed by atoms with E-state index in [-0.39, 0.29) is 12.0 Å². The van der Waals surface area contributed by atoms with Gasteiger partial charge in [-0.25, -0.2) is 9.97 Å². The molecule has 0 N–H and O–H groups in total. The van der Waals surface area contributed by atoms with Crippen LogP contribution in [0.4, 0.5) is 5.82 Å². The van der Waals surface area contributed by atoms with Gasteiger partial charge in [0.2, 0.25) is 0 Å². The first-order chi connectivity index (χ1) is 13.7. The highest BCUT2D eigenvalue weighted by atomic mass is 35.5. The first-order valence-corrected chi connectivity index (χ1v) is 11.1. The average molecular weight is 419 g/mol. The van der Waals surface area contributed by atoms with Crippen molar-refractivity contribution in [1.29, 1.82) is 0 Å². The number of benzene rings is 1. The molecule has 6 nitrogen and oxygen atoms in total. The second-order valence-corrected chi connectivity index (χ2v) is 8.01. The molecule has 0 aliphatic carbocycles. The van der Waals surface area contributed by atoms with E-state index < -0.39 is 0 Å². The van der Waals surface area contributed by atoms with Crippen molar-refractivity contribution in [2.24, 2.45) is 0 Å². The normalized spacial score (nSPS) is 19.9. The summed E-state index contributed by atoms with van der Waals surface area (Å²) in [6.07, 6.45) is 3.47. The van der Waals surface area contributed by atoms with E-state index >= 15 is 0 Å². The summed E-state index contributed by atoms with van der Waals surface area (Å²) in [7, 11) is 0. The highest BCUT2D eigenvalue weighted by Gasteiger charge is 2.31. The lowest BCUT2D eigenvalue weighted by atomic mass is 10.1. The predicted molar refractivity (Wildman–Crippen MR) is 112 cm³/mol. The lowest BCUT2D eigenvalue weighted by Crippen LogP contribution is -2.51. The van der Waals surface area contributed by atoms with Crippen LogP contribution in [0.25, 0.3) is 11.1 Å². The number of nitrogens with zero attached hydrogens (tertiary/aromatic N) is 4. The van der Waals surface area contributed by atoms with Crippen LogP contribution in [0.2, 0.25) is 5.15 Å². The number of halogens is 1. The summed E-state index contributed by atoms with van der Waals surface area (Å²) < 4.78 is 5.56. The number of hydrogen-bond donors (Lipinski definition) is 0. The monoisotopic (exact) mass is 418 g/mol. The van der Waals surface area contributed by atoms with Crippen molar-refractivity contribution < 1.29 is 9.53 Å². The smallest absolute Gasteiger partial charge is 0.251 e. The van der Waals surface area contributed by atoms with Crippen molar-refractivity contribution in [3.63, 3.8) is 0 Å². The molecule has 1 aromatic carbocycles. The van der Waals surface area contributed by atoms with Crippen molar-refractivity contribution in [2.75, 3.05) is 43.9 Å². The van der Waals surface area contributed by atoms with Crippen molar-refractivity contribution in [2.45, 2.75) is 24.1 Å². The summed E-state index contributed by atoms with van der Waals surface area (Å²) in [6.45, 7) is 3.42. The van der Waals surface area contributed by atoms with Gasteiger partial charge in [-0.1, -0.05) is 53.7 Å². The van der Waals surface area contributed by atoms with Gasteiger partial charge >= 0.3 is 0 Å². The number of carbonyl (C=O) groups is 1. The van der Waals surface area contributed by atoms with E-state index in [2.05, 4.69) is 9.88 Å². The molecule has 0 spiro atoms. The maximum absolute atomic E-state index is 12.6. The maximum Gasteiger partial charge on any atom is 0.251 e. The highest BCUT2D eigenvalue weighted by molar-refractivity contribution is 7.98. The van der Waals surface area contributed by atoms with Crippen LogP contribution >= 0.6 is 23.4 Å². The molecular weight excluding hydrogens is 396 g/mol. The van der Waals surface area contributed by atoms with Crippen LogP contribution in [-0.4, -0.2) is 65.9 Å². The van der Waals surface area contributed by atoms with Crippen molar-refractivity contribution in [1.82, 2.24) is 14.9 Å². The fourth-order valence-corrected chi connectivity index (χ4v) is 4.38. The van der Waals surface area contributed by atoms with Crippen LogP contribution in [-0.2, 0) is 9.53 Å². The molecule has 2 aromatic rings. The number of ether oxygens (including phenoxy) is 1. The Labute approximate surface area is 174 Å². The van der Waals surface area contributed by atoms with Gasteiger partial charge in [0.25, 0.3) is 5.91 Å². The average Bonchev–Trinajstić information content (AvgIpc) is 3.28. The van der Waals surface area contributed by atoms with Crippen molar-refractivity contribution in [3.8, 4) is 11.1 Å². The third-order valence-corrected chi connectivity index (χ3v) is 5.99. The first-order valence-electron chi connectivity index (χ1n) is 9.49. The summed E-state index contributed by atoms with van der Waals surface area (Å²) >= 11 is 8.03. The fraction of sp³-hybridized carbons (Fsp3) is 0.450. The van der Waals surface area contributed by atoms with Crippen LogP contribution in [0.1, 0.15) is 12.8 Å². The third kappa shape index (κ3) is 3.97. The molecule has 0 bridgehead atoms. The second kappa shape index (κ2) is 8.68. The van der Waals surface area contributed by atoms with E-state index in [4.69, 9.17) is 21.3 Å². The van der Waals surface area contributed by atoms with E-state index in [1.54, 1.807) is 0 Å². The highest BCUT2D eigenvalue weighted by Crippen LogP contribution is 2.36. The summed E-state index contributed by atoms with van der Waals surface area (Å²) in [4.78, 5) is 25.9. The third-order valence-electron chi connectivity index (χ3n) is 5.17. The second-order valence-electron chi connectivity index (χ2n) is 6.88. The van der Waals surface area contributed by atoms with E-state index in [0.717, 1.165) is 29.8 Å². The summed E-state index contributed by atoms with van der Waals surface area (Å²) in [5.41, 5.74) is 1.84. The Morgan fingerprint density at radius 1 is 1.18 bits per heavy atom. The quantitative estimate of drug-likeness (QED) is 0.431. The topological polar surface area (TPSA) is 58.6 Å². The number of thioether (sulfide) groups is 1. The van der Waals surface area contributed by atoms with Crippen LogP contribution in [0, 0.1) is 0 Å². The van der Waals surface area contributed by atoms with Crippen molar-refractivity contribution >= 4 is 35.1 Å². The largest absolute Gasteiger partial charge is 0.368 e. The molecule has 2 aliphatic rings. The Bertz CT molecular complexity index is 838. The fourth-order valence-electron chi connectivity index (χ4n) is 3.69. The van der Waals surface area contributed by atoms with Gasteiger partial charge in [0.1, 0.15) is 17.1 Å². The van der Waals surface area contributed by atoms with Gasteiger partial charge in [0.15, 0.2) is 5.16 Å². The van der Waals surface area contributed by atoms with E-state index in [0.29, 0.717) is 43.1 Å². The van der Waals surface area contributed by atoms with Gasteiger partial charge < -0.3 is 14.5 Å². The van der Waals surface area contributed by atoms with Crippen LogP contribution in [0.5, 0.6) is 0 Å². The standard InChI is InChI=1S/C20H23ClN4O2S/c1-28-20-22-17(21)16(14-6-3-2-4-7-14)18(23-20)24-9-11-25(12-10-24)19(26)15-8-5-13-27-15/h2-4,6-7,15H,5,8-13H2,1H3/t15-/m1/s1. The number of rotatable bonds is 4. The molecule has 2 fully saturated rings. The molecule has 3 heterocycles. The first kappa shape index (κ1) is 19.5. The Morgan fingerprint density at radius 2 is 1.93 bits per heavy atom. The molecule has 148 valence electrons. The van der Waals surface area contributed by atoms with Crippen LogP contribution in [0.15, 0.2) is 35.5 Å². The number of aromatic nitrogens is 2. The zero-order valence-electron chi connectivity index (χ0n) is 15.8. The molecule has 8 heteroatoms.